The number of carboxylic acid groups (broad SMARTS) is 1. The van der Waals surface area contributed by atoms with Crippen LogP contribution in [0.3, 0.4) is 0 Å². The number of fused-ring (bicyclic) bond motifs is 1. The molecule has 0 aliphatic carbocycles. The Morgan fingerprint density at radius 3 is 2.69 bits per heavy atom. The lowest BCUT2D eigenvalue weighted by molar-refractivity contribution is 0.0687. The van der Waals surface area contributed by atoms with Crippen molar-refractivity contribution in [2.24, 2.45) is 7.05 Å². The van der Waals surface area contributed by atoms with Gasteiger partial charge in [0, 0.05) is 13.2 Å². The molecular formula is C12H14N2O2. The molecule has 0 aliphatic heterocycles. The number of nitrogens with zero attached hydrogens (tertiary/aromatic N) is 2. The fourth-order valence-corrected chi connectivity index (χ4v) is 1.74. The van der Waals surface area contributed by atoms with Crippen LogP contribution >= 0.6 is 0 Å². The molecular weight excluding hydrogens is 204 g/mol. The van der Waals surface area contributed by atoms with E-state index in [0.717, 1.165) is 16.6 Å². The molecule has 4 nitrogen and oxygen atoms in total. The highest BCUT2D eigenvalue weighted by atomic mass is 16.4. The topological polar surface area (TPSA) is 55.1 Å². The van der Waals surface area contributed by atoms with Crippen LogP contribution in [0.15, 0.2) is 18.3 Å². The van der Waals surface area contributed by atoms with Crippen LogP contribution in [0.2, 0.25) is 0 Å². The van der Waals surface area contributed by atoms with E-state index in [-0.39, 0.29) is 5.69 Å². The molecule has 0 unspecified atom stereocenters. The third-order valence-corrected chi connectivity index (χ3v) is 2.80. The summed E-state index contributed by atoms with van der Waals surface area (Å²) in [6.07, 6.45) is 1.80. The van der Waals surface area contributed by atoms with Gasteiger partial charge < -0.3 is 9.67 Å². The van der Waals surface area contributed by atoms with Gasteiger partial charge in [0.15, 0.2) is 0 Å². The zero-order valence-electron chi connectivity index (χ0n) is 9.56. The van der Waals surface area contributed by atoms with Gasteiger partial charge >= 0.3 is 5.97 Å². The maximum atomic E-state index is 11.0. The molecule has 2 aromatic heterocycles. The van der Waals surface area contributed by atoms with Gasteiger partial charge in [0.1, 0.15) is 5.69 Å². The summed E-state index contributed by atoms with van der Waals surface area (Å²) in [4.78, 5) is 15.2. The van der Waals surface area contributed by atoms with Crippen LogP contribution in [0, 0.1) is 0 Å². The minimum atomic E-state index is -0.924. The summed E-state index contributed by atoms with van der Waals surface area (Å²) in [7, 11) is 1.75. The molecule has 0 saturated carbocycles. The van der Waals surface area contributed by atoms with Gasteiger partial charge in [0.2, 0.25) is 0 Å². The lowest BCUT2D eigenvalue weighted by atomic mass is 10.1. The fraction of sp³-hybridized carbons (Fsp3) is 0.333. The monoisotopic (exact) mass is 218 g/mol. The Labute approximate surface area is 93.5 Å². The van der Waals surface area contributed by atoms with E-state index in [1.807, 2.05) is 6.07 Å². The Morgan fingerprint density at radius 2 is 2.12 bits per heavy atom. The number of carbonyl (C=O) groups is 1. The minimum Gasteiger partial charge on any atom is -0.477 e. The molecule has 0 atom stereocenters. The molecule has 0 aliphatic rings. The molecule has 2 heterocycles. The highest BCUT2D eigenvalue weighted by molar-refractivity contribution is 5.93. The minimum absolute atomic E-state index is 0.267. The molecule has 1 N–H and O–H groups in total. The zero-order chi connectivity index (χ0) is 11.9. The lowest BCUT2D eigenvalue weighted by Crippen LogP contribution is -2.03. The van der Waals surface area contributed by atoms with Crippen molar-refractivity contribution < 1.29 is 9.90 Å². The van der Waals surface area contributed by atoms with Crippen LogP contribution < -0.4 is 0 Å². The van der Waals surface area contributed by atoms with Crippen LogP contribution in [-0.2, 0) is 7.05 Å². The molecule has 0 saturated heterocycles. The van der Waals surface area contributed by atoms with Crippen molar-refractivity contribution in [3.8, 4) is 0 Å². The van der Waals surface area contributed by atoms with E-state index in [1.165, 1.54) is 0 Å². The van der Waals surface area contributed by atoms with Crippen LogP contribution in [-0.4, -0.2) is 20.6 Å². The van der Waals surface area contributed by atoms with Crippen LogP contribution in [0.1, 0.15) is 35.8 Å². The normalized spacial score (nSPS) is 11.2. The Bertz CT molecular complexity index is 555. The first kappa shape index (κ1) is 10.7. The number of pyridine rings is 1. The van der Waals surface area contributed by atoms with Crippen LogP contribution in [0.5, 0.6) is 0 Å². The maximum absolute atomic E-state index is 11.0. The predicted molar refractivity (Wildman–Crippen MR) is 61.8 cm³/mol. The van der Waals surface area contributed by atoms with Gasteiger partial charge in [-0.05, 0) is 23.6 Å². The standard InChI is InChI=1S/C12H14N2O2/c1-7(2)8-4-10-9(13-6-8)5-11(12(15)16)14(10)3/h4-7H,1-3H3,(H,15,16). The maximum Gasteiger partial charge on any atom is 0.352 e. The smallest absolute Gasteiger partial charge is 0.352 e. The van der Waals surface area contributed by atoms with E-state index in [2.05, 4.69) is 18.8 Å². The average molecular weight is 218 g/mol. The van der Waals surface area contributed by atoms with Crippen molar-refractivity contribution in [2.75, 3.05) is 0 Å². The van der Waals surface area contributed by atoms with Gasteiger partial charge in [-0.1, -0.05) is 13.8 Å². The molecule has 0 aromatic carbocycles. The SMILES string of the molecule is CC(C)c1cnc2cc(C(=O)O)n(C)c2c1. The second kappa shape index (κ2) is 3.63. The molecule has 0 fully saturated rings. The van der Waals surface area contributed by atoms with E-state index >= 15 is 0 Å². The summed E-state index contributed by atoms with van der Waals surface area (Å²) in [5.41, 5.74) is 2.97. The van der Waals surface area contributed by atoms with Crippen molar-refractivity contribution in [1.29, 1.82) is 0 Å². The summed E-state index contributed by atoms with van der Waals surface area (Å²) >= 11 is 0. The molecule has 16 heavy (non-hydrogen) atoms. The Morgan fingerprint density at radius 1 is 1.44 bits per heavy atom. The first-order valence-corrected chi connectivity index (χ1v) is 5.19. The van der Waals surface area contributed by atoms with Crippen molar-refractivity contribution in [2.45, 2.75) is 19.8 Å². The van der Waals surface area contributed by atoms with Crippen molar-refractivity contribution >= 4 is 17.0 Å². The predicted octanol–water partition coefficient (Wildman–Crippen LogP) is 2.39. The molecule has 84 valence electrons. The third-order valence-electron chi connectivity index (χ3n) is 2.80. The first-order chi connectivity index (χ1) is 7.50. The molecule has 4 heteroatoms. The molecule has 0 amide bonds. The van der Waals surface area contributed by atoms with Crippen LogP contribution in [0.25, 0.3) is 11.0 Å². The summed E-state index contributed by atoms with van der Waals surface area (Å²) in [5, 5.41) is 9.00. The van der Waals surface area contributed by atoms with Crippen molar-refractivity contribution in [1.82, 2.24) is 9.55 Å². The quantitative estimate of drug-likeness (QED) is 0.842. The molecule has 0 bridgehead atoms. The molecule has 0 radical (unpaired) electrons. The number of rotatable bonds is 2. The summed E-state index contributed by atoms with van der Waals surface area (Å²) in [6, 6.07) is 3.60. The molecule has 2 rings (SSSR count). The van der Waals surface area contributed by atoms with E-state index in [1.54, 1.807) is 23.9 Å². The van der Waals surface area contributed by atoms with Gasteiger partial charge in [0.05, 0.1) is 11.0 Å². The van der Waals surface area contributed by atoms with Gasteiger partial charge in [-0.25, -0.2) is 4.79 Å². The second-order valence-corrected chi connectivity index (χ2v) is 4.22. The third kappa shape index (κ3) is 1.56. The number of hydrogen-bond acceptors (Lipinski definition) is 2. The first-order valence-electron chi connectivity index (χ1n) is 5.19. The largest absolute Gasteiger partial charge is 0.477 e. The van der Waals surface area contributed by atoms with Crippen molar-refractivity contribution in [3.05, 3.63) is 29.6 Å². The number of carboxylic acids is 1. The van der Waals surface area contributed by atoms with Gasteiger partial charge in [-0.2, -0.15) is 0 Å². The highest BCUT2D eigenvalue weighted by Gasteiger charge is 2.13. The number of aryl methyl sites for hydroxylation is 1. The Kier molecular flexibility index (Phi) is 2.42. The van der Waals surface area contributed by atoms with E-state index < -0.39 is 5.97 Å². The summed E-state index contributed by atoms with van der Waals surface area (Å²) in [6.45, 7) is 4.17. The molecule has 2 aromatic rings. The van der Waals surface area contributed by atoms with E-state index in [9.17, 15) is 4.79 Å². The van der Waals surface area contributed by atoms with Gasteiger partial charge in [0.25, 0.3) is 0 Å². The Balaban J connectivity index is 2.69. The van der Waals surface area contributed by atoms with E-state index in [4.69, 9.17) is 5.11 Å². The van der Waals surface area contributed by atoms with Gasteiger partial charge in [-0.15, -0.1) is 0 Å². The van der Waals surface area contributed by atoms with Gasteiger partial charge in [-0.3, -0.25) is 4.98 Å². The second-order valence-electron chi connectivity index (χ2n) is 4.22. The van der Waals surface area contributed by atoms with E-state index in [0.29, 0.717) is 5.92 Å². The molecule has 0 spiro atoms. The van der Waals surface area contributed by atoms with Crippen molar-refractivity contribution in [3.63, 3.8) is 0 Å². The number of aromatic nitrogens is 2. The number of aromatic carboxylic acids is 1. The van der Waals surface area contributed by atoms with Crippen LogP contribution in [0.4, 0.5) is 0 Å². The average Bonchev–Trinajstić information content (AvgIpc) is 2.56. The fourth-order valence-electron chi connectivity index (χ4n) is 1.74. The highest BCUT2D eigenvalue weighted by Crippen LogP contribution is 2.21. The zero-order valence-corrected chi connectivity index (χ0v) is 9.56. The summed E-state index contributed by atoms with van der Waals surface area (Å²) < 4.78 is 1.66. The summed E-state index contributed by atoms with van der Waals surface area (Å²) in [5.74, 6) is -0.535. The Hall–Kier alpha value is -1.84. The lowest BCUT2D eigenvalue weighted by Gasteiger charge is -2.05. The number of hydrogen-bond donors (Lipinski definition) is 1.